The van der Waals surface area contributed by atoms with Crippen LogP contribution in [0.3, 0.4) is 0 Å². The topological polar surface area (TPSA) is 26.3 Å². The van der Waals surface area contributed by atoms with E-state index in [1.165, 1.54) is 0 Å². The van der Waals surface area contributed by atoms with Crippen LogP contribution in [-0.4, -0.2) is 12.4 Å². The number of rotatable bonds is 3. The molecule has 2 aromatic carbocycles. The van der Waals surface area contributed by atoms with E-state index in [4.69, 9.17) is 4.74 Å². The standard InChI is InChI=1S/C18H16O2/c1-2-20-16-9-7-13(8-10-16)11-15-12-14-5-3-4-6-17(14)18(15)19/h3-11H,2,12H2,1H3. The van der Waals surface area contributed by atoms with E-state index in [2.05, 4.69) is 0 Å². The molecule has 2 aromatic rings. The fourth-order valence-electron chi connectivity index (χ4n) is 2.50. The second-order valence-corrected chi connectivity index (χ2v) is 4.83. The van der Waals surface area contributed by atoms with Gasteiger partial charge in [-0.3, -0.25) is 4.79 Å². The Morgan fingerprint density at radius 2 is 1.85 bits per heavy atom. The van der Waals surface area contributed by atoms with Gasteiger partial charge in [-0.25, -0.2) is 0 Å². The number of carbonyl (C=O) groups excluding carboxylic acids is 1. The molecule has 2 heteroatoms. The van der Waals surface area contributed by atoms with Crippen LogP contribution in [0.1, 0.15) is 28.4 Å². The molecular formula is C18H16O2. The van der Waals surface area contributed by atoms with Crippen molar-refractivity contribution >= 4 is 11.9 Å². The third-order valence-electron chi connectivity index (χ3n) is 3.47. The summed E-state index contributed by atoms with van der Waals surface area (Å²) in [4.78, 5) is 12.3. The fraction of sp³-hybridized carbons (Fsp3) is 0.167. The largest absolute Gasteiger partial charge is 0.494 e. The molecule has 0 heterocycles. The number of fused-ring (bicyclic) bond motifs is 1. The minimum absolute atomic E-state index is 0.148. The molecule has 0 aromatic heterocycles. The first-order valence-electron chi connectivity index (χ1n) is 6.84. The average Bonchev–Trinajstić information content (AvgIpc) is 2.79. The zero-order valence-electron chi connectivity index (χ0n) is 11.4. The Kier molecular flexibility index (Phi) is 3.38. The smallest absolute Gasteiger partial charge is 0.189 e. The lowest BCUT2D eigenvalue weighted by atomic mass is 10.1. The van der Waals surface area contributed by atoms with Gasteiger partial charge in [0, 0.05) is 17.6 Å². The van der Waals surface area contributed by atoms with Gasteiger partial charge in [-0.2, -0.15) is 0 Å². The van der Waals surface area contributed by atoms with Crippen molar-refractivity contribution in [3.63, 3.8) is 0 Å². The number of hydrogen-bond donors (Lipinski definition) is 0. The van der Waals surface area contributed by atoms with Crippen LogP contribution in [0, 0.1) is 0 Å². The number of benzene rings is 2. The SMILES string of the molecule is CCOc1ccc(C=C2Cc3ccccc3C2=O)cc1. The van der Waals surface area contributed by atoms with Crippen LogP contribution in [0.25, 0.3) is 6.08 Å². The fourth-order valence-corrected chi connectivity index (χ4v) is 2.50. The maximum absolute atomic E-state index is 12.3. The molecule has 0 bridgehead atoms. The highest BCUT2D eigenvalue weighted by atomic mass is 16.5. The van der Waals surface area contributed by atoms with Crippen LogP contribution < -0.4 is 4.74 Å². The Labute approximate surface area is 118 Å². The lowest BCUT2D eigenvalue weighted by molar-refractivity contribution is 0.104. The summed E-state index contributed by atoms with van der Waals surface area (Å²) in [5.41, 5.74) is 3.85. The molecule has 0 saturated carbocycles. The molecule has 0 fully saturated rings. The van der Waals surface area contributed by atoms with E-state index in [-0.39, 0.29) is 5.78 Å². The van der Waals surface area contributed by atoms with Gasteiger partial charge < -0.3 is 4.74 Å². The zero-order valence-corrected chi connectivity index (χ0v) is 11.4. The van der Waals surface area contributed by atoms with E-state index in [0.29, 0.717) is 6.61 Å². The van der Waals surface area contributed by atoms with Gasteiger partial charge in [0.2, 0.25) is 0 Å². The number of ketones is 1. The lowest BCUT2D eigenvalue weighted by Gasteiger charge is -2.03. The molecule has 0 spiro atoms. The maximum Gasteiger partial charge on any atom is 0.189 e. The molecule has 100 valence electrons. The normalized spacial score (nSPS) is 15.4. The van der Waals surface area contributed by atoms with Gasteiger partial charge in [-0.05, 0) is 36.3 Å². The number of hydrogen-bond acceptors (Lipinski definition) is 2. The van der Waals surface area contributed by atoms with Crippen LogP contribution in [0.2, 0.25) is 0 Å². The van der Waals surface area contributed by atoms with Crippen LogP contribution in [0.4, 0.5) is 0 Å². The third kappa shape index (κ3) is 2.37. The summed E-state index contributed by atoms with van der Waals surface area (Å²) < 4.78 is 5.41. The van der Waals surface area contributed by atoms with Crippen LogP contribution in [-0.2, 0) is 6.42 Å². The van der Waals surface area contributed by atoms with E-state index >= 15 is 0 Å². The molecule has 20 heavy (non-hydrogen) atoms. The van der Waals surface area contributed by atoms with Crippen molar-refractivity contribution in [2.45, 2.75) is 13.3 Å². The number of Topliss-reactive ketones (excluding diaryl/α,β-unsaturated/α-hetero) is 1. The van der Waals surface area contributed by atoms with Crippen molar-refractivity contribution in [2.24, 2.45) is 0 Å². The van der Waals surface area contributed by atoms with Crippen molar-refractivity contribution in [2.75, 3.05) is 6.61 Å². The van der Waals surface area contributed by atoms with Crippen molar-refractivity contribution < 1.29 is 9.53 Å². The van der Waals surface area contributed by atoms with E-state index in [1.807, 2.05) is 61.5 Å². The zero-order chi connectivity index (χ0) is 13.9. The third-order valence-corrected chi connectivity index (χ3v) is 3.47. The summed E-state index contributed by atoms with van der Waals surface area (Å²) in [7, 11) is 0. The number of carbonyl (C=O) groups is 1. The van der Waals surface area contributed by atoms with Gasteiger partial charge in [0.1, 0.15) is 5.75 Å². The minimum atomic E-state index is 0.148. The average molecular weight is 264 g/mol. The van der Waals surface area contributed by atoms with Gasteiger partial charge in [0.25, 0.3) is 0 Å². The first-order valence-corrected chi connectivity index (χ1v) is 6.84. The van der Waals surface area contributed by atoms with Crippen molar-refractivity contribution in [3.05, 3.63) is 70.8 Å². The number of ether oxygens (including phenoxy) is 1. The quantitative estimate of drug-likeness (QED) is 0.786. The Balaban J connectivity index is 1.85. The summed E-state index contributed by atoms with van der Waals surface area (Å²) >= 11 is 0. The Morgan fingerprint density at radius 3 is 2.55 bits per heavy atom. The summed E-state index contributed by atoms with van der Waals surface area (Å²) in [6.45, 7) is 2.62. The molecule has 0 aliphatic heterocycles. The molecule has 0 amide bonds. The molecule has 1 aliphatic rings. The summed E-state index contributed by atoms with van der Waals surface area (Å²) in [6, 6.07) is 15.6. The van der Waals surface area contributed by atoms with E-state index in [9.17, 15) is 4.79 Å². The van der Waals surface area contributed by atoms with Crippen LogP contribution >= 0.6 is 0 Å². The summed E-state index contributed by atoms with van der Waals surface area (Å²) in [5, 5.41) is 0. The van der Waals surface area contributed by atoms with Gasteiger partial charge in [0.15, 0.2) is 5.78 Å². The van der Waals surface area contributed by atoms with Crippen molar-refractivity contribution in [1.29, 1.82) is 0 Å². The highest BCUT2D eigenvalue weighted by molar-refractivity contribution is 6.15. The van der Waals surface area contributed by atoms with Crippen molar-refractivity contribution in [3.8, 4) is 5.75 Å². The highest BCUT2D eigenvalue weighted by Gasteiger charge is 2.23. The van der Waals surface area contributed by atoms with E-state index in [0.717, 1.165) is 34.4 Å². The molecule has 3 rings (SSSR count). The lowest BCUT2D eigenvalue weighted by Crippen LogP contribution is -1.95. The van der Waals surface area contributed by atoms with Gasteiger partial charge in [0.05, 0.1) is 6.61 Å². The van der Waals surface area contributed by atoms with Crippen LogP contribution in [0.15, 0.2) is 54.1 Å². The van der Waals surface area contributed by atoms with E-state index in [1.54, 1.807) is 0 Å². The van der Waals surface area contributed by atoms with Gasteiger partial charge in [-0.15, -0.1) is 0 Å². The highest BCUT2D eigenvalue weighted by Crippen LogP contribution is 2.27. The van der Waals surface area contributed by atoms with Crippen molar-refractivity contribution in [1.82, 2.24) is 0 Å². The molecule has 1 aliphatic carbocycles. The van der Waals surface area contributed by atoms with E-state index < -0.39 is 0 Å². The molecule has 0 saturated heterocycles. The molecule has 2 nitrogen and oxygen atoms in total. The molecule has 0 unspecified atom stereocenters. The predicted octanol–water partition coefficient (Wildman–Crippen LogP) is 3.91. The monoisotopic (exact) mass is 264 g/mol. The number of allylic oxidation sites excluding steroid dienone is 1. The molecule has 0 N–H and O–H groups in total. The van der Waals surface area contributed by atoms with Gasteiger partial charge >= 0.3 is 0 Å². The second-order valence-electron chi connectivity index (χ2n) is 4.83. The molecular weight excluding hydrogens is 248 g/mol. The molecule has 0 atom stereocenters. The Bertz CT molecular complexity index is 666. The predicted molar refractivity (Wildman–Crippen MR) is 80.1 cm³/mol. The summed E-state index contributed by atoms with van der Waals surface area (Å²) in [6.07, 6.45) is 2.69. The molecule has 0 radical (unpaired) electrons. The Hall–Kier alpha value is -2.35. The maximum atomic E-state index is 12.3. The van der Waals surface area contributed by atoms with Crippen LogP contribution in [0.5, 0.6) is 5.75 Å². The second kappa shape index (κ2) is 5.33. The minimum Gasteiger partial charge on any atom is -0.494 e. The summed E-state index contributed by atoms with van der Waals surface area (Å²) in [5.74, 6) is 1.00. The first kappa shape index (κ1) is 12.7. The Morgan fingerprint density at radius 1 is 1.10 bits per heavy atom. The van der Waals surface area contributed by atoms with Gasteiger partial charge in [-0.1, -0.05) is 36.4 Å². The first-order chi connectivity index (χ1) is 9.78.